The van der Waals surface area contributed by atoms with Crippen molar-refractivity contribution in [1.29, 1.82) is 0 Å². The summed E-state index contributed by atoms with van der Waals surface area (Å²) in [6.07, 6.45) is 0.164. The summed E-state index contributed by atoms with van der Waals surface area (Å²) in [5.41, 5.74) is 0.583. The molecule has 106 valence electrons. The Morgan fingerprint density at radius 1 is 1.40 bits per heavy atom. The van der Waals surface area contributed by atoms with E-state index in [1.54, 1.807) is 18.2 Å². The summed E-state index contributed by atoms with van der Waals surface area (Å²) in [5, 5.41) is 1.69. The number of fused-ring (bicyclic) bond motifs is 1. The fourth-order valence-electron chi connectivity index (χ4n) is 1.64. The summed E-state index contributed by atoms with van der Waals surface area (Å²) in [6, 6.07) is 5.24. The summed E-state index contributed by atoms with van der Waals surface area (Å²) in [5.74, 6) is 0.237. The molecule has 0 unspecified atom stereocenters. The molecule has 0 saturated heterocycles. The maximum absolute atomic E-state index is 11.1. The number of carbonyl (C=O) groups excluding carboxylic acids is 1. The van der Waals surface area contributed by atoms with Crippen LogP contribution in [0.2, 0.25) is 10.2 Å². The molecule has 0 atom stereocenters. The minimum absolute atomic E-state index is 0.164. The van der Waals surface area contributed by atoms with E-state index in [9.17, 15) is 4.79 Å². The number of methoxy groups -OCH3 is 1. The number of pyridine rings is 1. The van der Waals surface area contributed by atoms with Gasteiger partial charge < -0.3 is 9.47 Å². The van der Waals surface area contributed by atoms with E-state index >= 15 is 0 Å². The Hall–Kier alpha value is -0.790. The Morgan fingerprint density at radius 2 is 2.15 bits per heavy atom. The molecule has 0 saturated carbocycles. The Morgan fingerprint density at radius 3 is 2.85 bits per heavy atom. The van der Waals surface area contributed by atoms with Crippen molar-refractivity contribution >= 4 is 62.7 Å². The minimum atomic E-state index is -0.329. The maximum Gasteiger partial charge on any atom is 0.308 e. The van der Waals surface area contributed by atoms with E-state index in [1.165, 1.54) is 7.11 Å². The molecule has 1 aromatic heterocycles. The van der Waals surface area contributed by atoms with Crippen molar-refractivity contribution < 1.29 is 14.3 Å². The monoisotopic (exact) mass is 425 g/mol. The van der Waals surface area contributed by atoms with Crippen molar-refractivity contribution in [2.75, 3.05) is 13.7 Å². The van der Waals surface area contributed by atoms with Gasteiger partial charge in [-0.05, 0) is 40.8 Å². The Bertz CT molecular complexity index is 664. The first-order valence-electron chi connectivity index (χ1n) is 5.67. The van der Waals surface area contributed by atoms with Crippen LogP contribution >= 0.6 is 45.8 Å². The second-order valence-electron chi connectivity index (χ2n) is 3.87. The van der Waals surface area contributed by atoms with Gasteiger partial charge in [0.1, 0.15) is 10.7 Å². The van der Waals surface area contributed by atoms with Gasteiger partial charge in [0.2, 0.25) is 0 Å². The highest BCUT2D eigenvalue weighted by Crippen LogP contribution is 2.35. The smallest absolute Gasteiger partial charge is 0.308 e. The molecule has 0 aliphatic carbocycles. The number of aromatic nitrogens is 1. The van der Waals surface area contributed by atoms with Crippen LogP contribution in [0.15, 0.2) is 18.2 Å². The lowest BCUT2D eigenvalue weighted by atomic mass is 10.2. The molecule has 0 aliphatic heterocycles. The maximum atomic E-state index is 11.1. The number of carbonyl (C=O) groups is 1. The highest BCUT2D eigenvalue weighted by Gasteiger charge is 2.13. The van der Waals surface area contributed by atoms with Crippen LogP contribution in [-0.4, -0.2) is 24.7 Å². The van der Waals surface area contributed by atoms with Crippen LogP contribution in [0.5, 0.6) is 5.75 Å². The third-order valence-corrected chi connectivity index (χ3v) is 3.91. The molecule has 0 bridgehead atoms. The number of ether oxygens (including phenoxy) is 2. The molecular formula is C13H10Cl2INO3. The molecule has 7 heteroatoms. The summed E-state index contributed by atoms with van der Waals surface area (Å²) in [6.45, 7) is 0.202. The normalized spacial score (nSPS) is 10.6. The molecular weight excluding hydrogens is 416 g/mol. The average Bonchev–Trinajstić information content (AvgIpc) is 2.41. The summed E-state index contributed by atoms with van der Waals surface area (Å²) in [4.78, 5) is 15.3. The zero-order valence-electron chi connectivity index (χ0n) is 10.5. The van der Waals surface area contributed by atoms with Gasteiger partial charge >= 0.3 is 5.97 Å². The van der Waals surface area contributed by atoms with Crippen molar-refractivity contribution in [3.05, 3.63) is 31.9 Å². The molecule has 4 nitrogen and oxygen atoms in total. The van der Waals surface area contributed by atoms with Crippen molar-refractivity contribution in [3.63, 3.8) is 0 Å². The molecule has 0 N–H and O–H groups in total. The van der Waals surface area contributed by atoms with Crippen LogP contribution in [0.1, 0.15) is 6.42 Å². The van der Waals surface area contributed by atoms with Gasteiger partial charge in [-0.2, -0.15) is 0 Å². The summed E-state index contributed by atoms with van der Waals surface area (Å²) in [7, 11) is 1.34. The fourth-order valence-corrected chi connectivity index (χ4v) is 2.96. The molecule has 0 amide bonds. The first-order valence-corrected chi connectivity index (χ1v) is 7.50. The van der Waals surface area contributed by atoms with Crippen LogP contribution < -0.4 is 4.74 Å². The SMILES string of the molecule is COC(=O)CCOc1c(I)cc(Cl)c2ccc(Cl)nc12. The second kappa shape index (κ2) is 6.78. The highest BCUT2D eigenvalue weighted by molar-refractivity contribution is 14.1. The fraction of sp³-hybridized carbons (Fsp3) is 0.231. The highest BCUT2D eigenvalue weighted by atomic mass is 127. The number of hydrogen-bond acceptors (Lipinski definition) is 4. The van der Waals surface area contributed by atoms with E-state index < -0.39 is 0 Å². The Kier molecular flexibility index (Phi) is 5.29. The van der Waals surface area contributed by atoms with Gasteiger partial charge in [-0.3, -0.25) is 4.79 Å². The molecule has 1 aromatic carbocycles. The first-order chi connectivity index (χ1) is 9.52. The van der Waals surface area contributed by atoms with Gasteiger partial charge in [-0.1, -0.05) is 23.2 Å². The van der Waals surface area contributed by atoms with Crippen molar-refractivity contribution in [2.45, 2.75) is 6.42 Å². The van der Waals surface area contributed by atoms with Crippen LogP contribution in [0.4, 0.5) is 0 Å². The number of esters is 1. The third kappa shape index (κ3) is 3.45. The van der Waals surface area contributed by atoms with Crippen molar-refractivity contribution in [3.8, 4) is 5.75 Å². The van der Waals surface area contributed by atoms with Gasteiger partial charge in [-0.25, -0.2) is 4.98 Å². The van der Waals surface area contributed by atoms with Crippen LogP contribution in [0, 0.1) is 3.57 Å². The Labute approximate surface area is 139 Å². The molecule has 0 fully saturated rings. The topological polar surface area (TPSA) is 48.4 Å². The standard InChI is InChI=1S/C13H10Cl2INO3/c1-19-11(18)4-5-20-13-9(16)6-8(14)7-2-3-10(15)17-12(7)13/h2-3,6H,4-5H2,1H3. The number of benzene rings is 1. The molecule has 0 aliphatic rings. The lowest BCUT2D eigenvalue weighted by molar-refractivity contribution is -0.141. The molecule has 0 spiro atoms. The minimum Gasteiger partial charge on any atom is -0.490 e. The van der Waals surface area contributed by atoms with Crippen LogP contribution in [-0.2, 0) is 9.53 Å². The lowest BCUT2D eigenvalue weighted by Gasteiger charge is -2.11. The van der Waals surface area contributed by atoms with Gasteiger partial charge in [0.05, 0.1) is 28.7 Å². The third-order valence-electron chi connectivity index (χ3n) is 2.58. The van der Waals surface area contributed by atoms with E-state index in [-0.39, 0.29) is 19.0 Å². The average molecular weight is 426 g/mol. The molecule has 1 heterocycles. The molecule has 2 aromatic rings. The second-order valence-corrected chi connectivity index (χ2v) is 5.83. The van der Waals surface area contributed by atoms with Gasteiger partial charge in [0, 0.05) is 5.39 Å². The van der Waals surface area contributed by atoms with Crippen molar-refractivity contribution in [2.24, 2.45) is 0 Å². The predicted molar refractivity (Wildman–Crippen MR) is 86.6 cm³/mol. The van der Waals surface area contributed by atoms with Gasteiger partial charge in [0.25, 0.3) is 0 Å². The number of halogens is 3. The van der Waals surface area contributed by atoms with E-state index in [1.807, 2.05) is 0 Å². The lowest BCUT2D eigenvalue weighted by Crippen LogP contribution is -2.08. The summed E-state index contributed by atoms with van der Waals surface area (Å²) >= 11 is 14.2. The Balaban J connectivity index is 2.36. The van der Waals surface area contributed by atoms with Gasteiger partial charge in [0.15, 0.2) is 5.75 Å². The summed E-state index contributed by atoms with van der Waals surface area (Å²) < 4.78 is 11.0. The number of hydrogen-bond donors (Lipinski definition) is 0. The van der Waals surface area contributed by atoms with E-state index in [0.29, 0.717) is 21.4 Å². The molecule has 2 rings (SSSR count). The van der Waals surface area contributed by atoms with Crippen LogP contribution in [0.3, 0.4) is 0 Å². The predicted octanol–water partition coefficient (Wildman–Crippen LogP) is 4.09. The quantitative estimate of drug-likeness (QED) is 0.420. The number of rotatable bonds is 4. The van der Waals surface area contributed by atoms with Gasteiger partial charge in [-0.15, -0.1) is 0 Å². The van der Waals surface area contributed by atoms with E-state index in [2.05, 4.69) is 32.3 Å². The van der Waals surface area contributed by atoms with Crippen LogP contribution in [0.25, 0.3) is 10.9 Å². The van der Waals surface area contributed by atoms with E-state index in [0.717, 1.165) is 8.96 Å². The first kappa shape index (κ1) is 15.6. The largest absolute Gasteiger partial charge is 0.490 e. The number of nitrogens with zero attached hydrogens (tertiary/aromatic N) is 1. The van der Waals surface area contributed by atoms with Crippen molar-refractivity contribution in [1.82, 2.24) is 4.98 Å². The molecule has 0 radical (unpaired) electrons. The zero-order chi connectivity index (χ0) is 14.7. The zero-order valence-corrected chi connectivity index (χ0v) is 14.1. The van der Waals surface area contributed by atoms with E-state index in [4.69, 9.17) is 27.9 Å². The molecule has 20 heavy (non-hydrogen) atoms.